The van der Waals surface area contributed by atoms with E-state index >= 15 is 0 Å². The molecule has 0 aliphatic heterocycles. The maximum Gasteiger partial charge on any atom is 0.187 e. The summed E-state index contributed by atoms with van der Waals surface area (Å²) in [6, 6.07) is 13.7. The third-order valence-electron chi connectivity index (χ3n) is 3.29. The van der Waals surface area contributed by atoms with Gasteiger partial charge in [-0.05, 0) is 59.7 Å². The second-order valence-electron chi connectivity index (χ2n) is 4.78. The molecule has 5 heteroatoms. The molecule has 0 unspecified atom stereocenters. The zero-order chi connectivity index (χ0) is 14.1. The maximum atomic E-state index is 5.72. The minimum absolute atomic E-state index is 0.711. The second-order valence-corrected chi connectivity index (χ2v) is 4.78. The average Bonchev–Trinajstić information content (AvgIpc) is 2.88. The van der Waals surface area contributed by atoms with Gasteiger partial charge in [0, 0.05) is 11.3 Å². The highest BCUT2D eigenvalue weighted by Crippen LogP contribution is 2.24. The number of anilines is 1. The van der Waals surface area contributed by atoms with Crippen LogP contribution in [-0.2, 0) is 0 Å². The van der Waals surface area contributed by atoms with Crippen LogP contribution < -0.4 is 5.73 Å². The van der Waals surface area contributed by atoms with E-state index in [1.54, 1.807) is 4.68 Å². The number of aryl methyl sites for hydroxylation is 2. The van der Waals surface area contributed by atoms with Gasteiger partial charge in [-0.2, -0.15) is 4.68 Å². The molecule has 100 valence electrons. The molecule has 3 rings (SSSR count). The molecule has 0 radical (unpaired) electrons. The predicted molar refractivity (Wildman–Crippen MR) is 78.5 cm³/mol. The first-order valence-electron chi connectivity index (χ1n) is 6.37. The predicted octanol–water partition coefficient (Wildman–Crippen LogP) is 2.53. The number of benzene rings is 2. The SMILES string of the molecule is Cc1cccc(C)c1-n1nnnc1-c1ccc(N)cc1. The Morgan fingerprint density at radius 1 is 0.950 bits per heavy atom. The van der Waals surface area contributed by atoms with Crippen LogP contribution in [0, 0.1) is 13.8 Å². The summed E-state index contributed by atoms with van der Waals surface area (Å²) in [4.78, 5) is 0. The van der Waals surface area contributed by atoms with E-state index in [4.69, 9.17) is 5.73 Å². The minimum atomic E-state index is 0.711. The number of para-hydroxylation sites is 1. The molecule has 0 spiro atoms. The van der Waals surface area contributed by atoms with E-state index in [0.717, 1.165) is 28.1 Å². The fourth-order valence-corrected chi connectivity index (χ4v) is 2.29. The van der Waals surface area contributed by atoms with Gasteiger partial charge in [-0.3, -0.25) is 0 Å². The molecule has 0 amide bonds. The molecule has 1 aromatic heterocycles. The van der Waals surface area contributed by atoms with Crippen LogP contribution in [0.2, 0.25) is 0 Å². The molecule has 0 saturated carbocycles. The van der Waals surface area contributed by atoms with Crippen LogP contribution >= 0.6 is 0 Å². The number of nitrogens with two attached hydrogens (primary N) is 1. The first-order valence-corrected chi connectivity index (χ1v) is 6.37. The van der Waals surface area contributed by atoms with Crippen molar-refractivity contribution in [1.29, 1.82) is 0 Å². The number of tetrazole rings is 1. The van der Waals surface area contributed by atoms with Gasteiger partial charge in [0.2, 0.25) is 0 Å². The fourth-order valence-electron chi connectivity index (χ4n) is 2.29. The van der Waals surface area contributed by atoms with Gasteiger partial charge in [-0.25, -0.2) is 0 Å². The average molecular weight is 265 g/mol. The maximum absolute atomic E-state index is 5.72. The zero-order valence-corrected chi connectivity index (χ0v) is 11.4. The molecule has 5 nitrogen and oxygen atoms in total. The van der Waals surface area contributed by atoms with Crippen LogP contribution in [0.5, 0.6) is 0 Å². The van der Waals surface area contributed by atoms with Gasteiger partial charge in [0.25, 0.3) is 0 Å². The van der Waals surface area contributed by atoms with Crippen molar-refractivity contribution in [2.45, 2.75) is 13.8 Å². The molecule has 0 saturated heterocycles. The van der Waals surface area contributed by atoms with E-state index in [9.17, 15) is 0 Å². The summed E-state index contributed by atoms with van der Waals surface area (Å²) in [6.07, 6.45) is 0. The van der Waals surface area contributed by atoms with Crippen LogP contribution in [0.15, 0.2) is 42.5 Å². The summed E-state index contributed by atoms with van der Waals surface area (Å²) in [5, 5.41) is 12.1. The standard InChI is InChI=1S/C15H15N5/c1-10-4-3-5-11(2)14(10)20-15(17-18-19-20)12-6-8-13(16)9-7-12/h3-9H,16H2,1-2H3. The summed E-state index contributed by atoms with van der Waals surface area (Å²) >= 11 is 0. The van der Waals surface area contributed by atoms with Crippen molar-refractivity contribution < 1.29 is 0 Å². The zero-order valence-electron chi connectivity index (χ0n) is 11.4. The Balaban J connectivity index is 2.18. The van der Waals surface area contributed by atoms with Crippen LogP contribution in [0.25, 0.3) is 17.1 Å². The number of hydrogen-bond acceptors (Lipinski definition) is 4. The summed E-state index contributed by atoms with van der Waals surface area (Å²) in [5.74, 6) is 0.711. The molecule has 0 aliphatic rings. The first kappa shape index (κ1) is 12.3. The van der Waals surface area contributed by atoms with Crippen molar-refractivity contribution in [3.63, 3.8) is 0 Å². The highest BCUT2D eigenvalue weighted by atomic mass is 15.5. The monoisotopic (exact) mass is 265 g/mol. The lowest BCUT2D eigenvalue weighted by Crippen LogP contribution is -2.04. The number of hydrogen-bond donors (Lipinski definition) is 1. The van der Waals surface area contributed by atoms with E-state index in [0.29, 0.717) is 5.82 Å². The number of nitrogens with zero attached hydrogens (tertiary/aromatic N) is 4. The van der Waals surface area contributed by atoms with Crippen molar-refractivity contribution in [3.05, 3.63) is 53.6 Å². The molecule has 0 atom stereocenters. The van der Waals surface area contributed by atoms with Crippen LogP contribution in [0.1, 0.15) is 11.1 Å². The smallest absolute Gasteiger partial charge is 0.187 e. The number of rotatable bonds is 2. The van der Waals surface area contributed by atoms with E-state index in [-0.39, 0.29) is 0 Å². The molecular formula is C15H15N5. The molecule has 2 N–H and O–H groups in total. The van der Waals surface area contributed by atoms with Crippen molar-refractivity contribution >= 4 is 5.69 Å². The third kappa shape index (κ3) is 2.03. The summed E-state index contributed by atoms with van der Waals surface area (Å²) in [6.45, 7) is 4.10. The molecule has 1 heterocycles. The van der Waals surface area contributed by atoms with Gasteiger partial charge in [-0.1, -0.05) is 18.2 Å². The van der Waals surface area contributed by atoms with Crippen molar-refractivity contribution in [1.82, 2.24) is 20.2 Å². The Kier molecular flexibility index (Phi) is 2.95. The lowest BCUT2D eigenvalue weighted by molar-refractivity contribution is 0.783. The van der Waals surface area contributed by atoms with Crippen LogP contribution in [0.3, 0.4) is 0 Å². The lowest BCUT2D eigenvalue weighted by Gasteiger charge is -2.10. The molecule has 0 fully saturated rings. The van der Waals surface area contributed by atoms with Gasteiger partial charge in [0.1, 0.15) is 0 Å². The fraction of sp³-hybridized carbons (Fsp3) is 0.133. The van der Waals surface area contributed by atoms with Gasteiger partial charge in [0.05, 0.1) is 5.69 Å². The highest BCUT2D eigenvalue weighted by molar-refractivity contribution is 5.61. The first-order chi connectivity index (χ1) is 9.66. The highest BCUT2D eigenvalue weighted by Gasteiger charge is 2.14. The van der Waals surface area contributed by atoms with E-state index in [1.807, 2.05) is 30.3 Å². The lowest BCUT2D eigenvalue weighted by atomic mass is 10.1. The van der Waals surface area contributed by atoms with E-state index < -0.39 is 0 Å². The van der Waals surface area contributed by atoms with Gasteiger partial charge >= 0.3 is 0 Å². The largest absolute Gasteiger partial charge is 0.399 e. The molecule has 20 heavy (non-hydrogen) atoms. The van der Waals surface area contributed by atoms with Crippen molar-refractivity contribution in [2.75, 3.05) is 5.73 Å². The normalized spacial score (nSPS) is 10.7. The Morgan fingerprint density at radius 2 is 1.60 bits per heavy atom. The van der Waals surface area contributed by atoms with Crippen LogP contribution in [0.4, 0.5) is 5.69 Å². The Bertz CT molecular complexity index is 723. The Hall–Kier alpha value is -2.69. The third-order valence-corrected chi connectivity index (χ3v) is 3.29. The summed E-state index contributed by atoms with van der Waals surface area (Å²) < 4.78 is 1.77. The van der Waals surface area contributed by atoms with Gasteiger partial charge in [-0.15, -0.1) is 5.10 Å². The van der Waals surface area contributed by atoms with Gasteiger partial charge < -0.3 is 5.73 Å². The minimum Gasteiger partial charge on any atom is -0.399 e. The van der Waals surface area contributed by atoms with Gasteiger partial charge in [0.15, 0.2) is 5.82 Å². The molecule has 3 aromatic rings. The molecule has 2 aromatic carbocycles. The van der Waals surface area contributed by atoms with Crippen molar-refractivity contribution in [2.24, 2.45) is 0 Å². The Morgan fingerprint density at radius 3 is 2.25 bits per heavy atom. The summed E-state index contributed by atoms with van der Waals surface area (Å²) in [7, 11) is 0. The van der Waals surface area contributed by atoms with Crippen LogP contribution in [-0.4, -0.2) is 20.2 Å². The number of nitrogen functional groups attached to an aromatic ring is 1. The van der Waals surface area contributed by atoms with E-state index in [2.05, 4.69) is 41.5 Å². The molecule has 0 aliphatic carbocycles. The van der Waals surface area contributed by atoms with Crippen molar-refractivity contribution in [3.8, 4) is 17.1 Å². The molecule has 0 bridgehead atoms. The summed E-state index contributed by atoms with van der Waals surface area (Å²) in [5.41, 5.74) is 10.7. The quantitative estimate of drug-likeness (QED) is 0.723. The second kappa shape index (κ2) is 4.77. The topological polar surface area (TPSA) is 69.6 Å². The van der Waals surface area contributed by atoms with E-state index in [1.165, 1.54) is 0 Å². The molecular weight excluding hydrogens is 250 g/mol. The number of aromatic nitrogens is 4. The Labute approximate surface area is 117 Å².